The number of hydrogen-bond donors (Lipinski definition) is 4. The Bertz CT molecular complexity index is 1010. The normalized spacial score (nSPS) is 10.1. The van der Waals surface area contributed by atoms with Crippen LogP contribution in [0.3, 0.4) is 0 Å². The standard InChI is InChI=1S/C21H23BrN4O4S/c1-12-4-6-15(10-13(12)2)23-18(27)8-9-19(28)25-26-21(31)24-20(29)14-5-7-17(30-3)16(22)11-14/h4-7,10-11H,8-9H2,1-3H3,(H,23,27)(H,25,28)(H2,24,26,29,31). The summed E-state index contributed by atoms with van der Waals surface area (Å²) >= 11 is 8.31. The molecule has 0 aliphatic carbocycles. The van der Waals surface area contributed by atoms with Crippen LogP contribution in [0.1, 0.15) is 34.3 Å². The number of amides is 3. The first-order valence-electron chi connectivity index (χ1n) is 9.30. The van der Waals surface area contributed by atoms with Gasteiger partial charge in [-0.1, -0.05) is 6.07 Å². The SMILES string of the molecule is COc1ccc(C(=O)NC(=S)NNC(=O)CCC(=O)Nc2ccc(C)c(C)c2)cc1Br. The zero-order chi connectivity index (χ0) is 23.0. The molecule has 2 aromatic rings. The van der Waals surface area contributed by atoms with E-state index in [9.17, 15) is 14.4 Å². The molecule has 10 heteroatoms. The average Bonchev–Trinajstić information content (AvgIpc) is 2.73. The van der Waals surface area contributed by atoms with Crippen LogP contribution in [-0.2, 0) is 9.59 Å². The van der Waals surface area contributed by atoms with Crippen molar-refractivity contribution in [3.63, 3.8) is 0 Å². The maximum Gasteiger partial charge on any atom is 0.257 e. The number of hydrazine groups is 1. The number of halogens is 1. The fourth-order valence-electron chi connectivity index (χ4n) is 2.47. The van der Waals surface area contributed by atoms with Crippen LogP contribution in [0.2, 0.25) is 0 Å². The van der Waals surface area contributed by atoms with E-state index in [0.717, 1.165) is 11.1 Å². The van der Waals surface area contributed by atoms with Gasteiger partial charge in [-0.25, -0.2) is 0 Å². The third kappa shape index (κ3) is 7.65. The van der Waals surface area contributed by atoms with Crippen LogP contribution in [0, 0.1) is 13.8 Å². The van der Waals surface area contributed by atoms with Crippen molar-refractivity contribution in [1.29, 1.82) is 0 Å². The molecule has 0 aromatic heterocycles. The molecule has 0 aliphatic heterocycles. The number of aryl methyl sites for hydroxylation is 2. The van der Waals surface area contributed by atoms with Crippen LogP contribution in [-0.4, -0.2) is 29.9 Å². The minimum atomic E-state index is -0.456. The highest BCUT2D eigenvalue weighted by molar-refractivity contribution is 9.10. The second-order valence-electron chi connectivity index (χ2n) is 6.65. The zero-order valence-corrected chi connectivity index (χ0v) is 19.7. The third-order valence-electron chi connectivity index (χ3n) is 4.33. The minimum Gasteiger partial charge on any atom is -0.496 e. The Balaban J connectivity index is 1.73. The summed E-state index contributed by atoms with van der Waals surface area (Å²) in [4.78, 5) is 36.2. The number of benzene rings is 2. The summed E-state index contributed by atoms with van der Waals surface area (Å²) in [6, 6.07) is 10.4. The topological polar surface area (TPSA) is 109 Å². The lowest BCUT2D eigenvalue weighted by Crippen LogP contribution is -2.48. The number of carbonyl (C=O) groups is 3. The van der Waals surface area contributed by atoms with E-state index in [2.05, 4.69) is 37.4 Å². The molecular formula is C21H23BrN4O4S. The van der Waals surface area contributed by atoms with Crippen molar-refractivity contribution in [3.8, 4) is 5.75 Å². The van der Waals surface area contributed by atoms with Gasteiger partial charge in [0.05, 0.1) is 11.6 Å². The van der Waals surface area contributed by atoms with Gasteiger partial charge in [-0.3, -0.25) is 30.6 Å². The van der Waals surface area contributed by atoms with Gasteiger partial charge in [-0.15, -0.1) is 0 Å². The molecule has 0 saturated heterocycles. The first-order chi connectivity index (χ1) is 14.7. The highest BCUT2D eigenvalue weighted by atomic mass is 79.9. The summed E-state index contributed by atoms with van der Waals surface area (Å²) in [5.74, 6) is -0.590. The molecule has 2 rings (SSSR count). The van der Waals surface area contributed by atoms with Gasteiger partial charge in [0.15, 0.2) is 5.11 Å². The summed E-state index contributed by atoms with van der Waals surface area (Å²) in [6.07, 6.45) is -0.0505. The van der Waals surface area contributed by atoms with Crippen LogP contribution in [0.15, 0.2) is 40.9 Å². The molecule has 31 heavy (non-hydrogen) atoms. The molecule has 0 atom stereocenters. The Morgan fingerprint density at radius 1 is 0.968 bits per heavy atom. The summed E-state index contributed by atoms with van der Waals surface area (Å²) in [5, 5.41) is 5.12. The number of ether oxygens (including phenoxy) is 1. The lowest BCUT2D eigenvalue weighted by atomic mass is 10.1. The molecule has 0 unspecified atom stereocenters. The lowest BCUT2D eigenvalue weighted by Gasteiger charge is -2.12. The van der Waals surface area contributed by atoms with E-state index >= 15 is 0 Å². The van der Waals surface area contributed by atoms with E-state index in [-0.39, 0.29) is 23.9 Å². The van der Waals surface area contributed by atoms with Crippen LogP contribution >= 0.6 is 28.1 Å². The predicted octanol–water partition coefficient (Wildman–Crippen LogP) is 3.13. The number of nitrogens with one attached hydrogen (secondary N) is 4. The van der Waals surface area contributed by atoms with Gasteiger partial charge in [0.2, 0.25) is 11.8 Å². The molecular weight excluding hydrogens is 484 g/mol. The van der Waals surface area contributed by atoms with E-state index < -0.39 is 11.8 Å². The highest BCUT2D eigenvalue weighted by Gasteiger charge is 2.12. The second kappa shape index (κ2) is 11.4. The number of hydrogen-bond acceptors (Lipinski definition) is 5. The van der Waals surface area contributed by atoms with E-state index in [0.29, 0.717) is 21.5 Å². The maximum absolute atomic E-state index is 12.2. The summed E-state index contributed by atoms with van der Waals surface area (Å²) in [7, 11) is 1.52. The minimum absolute atomic E-state index is 0.000562. The van der Waals surface area contributed by atoms with Crippen molar-refractivity contribution in [1.82, 2.24) is 16.2 Å². The Hall–Kier alpha value is -2.98. The third-order valence-corrected chi connectivity index (χ3v) is 5.15. The van der Waals surface area contributed by atoms with Crippen LogP contribution in [0.5, 0.6) is 5.75 Å². The van der Waals surface area contributed by atoms with Gasteiger partial charge in [0.1, 0.15) is 5.75 Å². The molecule has 0 aliphatic rings. The Kier molecular flexibility index (Phi) is 8.95. The Morgan fingerprint density at radius 2 is 1.68 bits per heavy atom. The van der Waals surface area contributed by atoms with Crippen molar-refractivity contribution in [2.24, 2.45) is 0 Å². The largest absolute Gasteiger partial charge is 0.496 e. The first kappa shape index (κ1) is 24.3. The highest BCUT2D eigenvalue weighted by Crippen LogP contribution is 2.25. The number of anilines is 1. The second-order valence-corrected chi connectivity index (χ2v) is 7.92. The van der Waals surface area contributed by atoms with E-state index in [4.69, 9.17) is 17.0 Å². The summed E-state index contributed by atoms with van der Waals surface area (Å²) in [6.45, 7) is 3.94. The molecule has 4 N–H and O–H groups in total. The summed E-state index contributed by atoms with van der Waals surface area (Å²) in [5.41, 5.74) is 8.02. The fraction of sp³-hybridized carbons (Fsp3) is 0.238. The fourth-order valence-corrected chi connectivity index (χ4v) is 3.16. The van der Waals surface area contributed by atoms with E-state index in [1.165, 1.54) is 7.11 Å². The zero-order valence-electron chi connectivity index (χ0n) is 17.3. The number of thiocarbonyl (C=S) groups is 1. The smallest absolute Gasteiger partial charge is 0.257 e. The van der Waals surface area contributed by atoms with E-state index in [1.807, 2.05) is 32.0 Å². The number of methoxy groups -OCH3 is 1. The van der Waals surface area contributed by atoms with Gasteiger partial charge in [-0.2, -0.15) is 0 Å². The van der Waals surface area contributed by atoms with Gasteiger partial charge in [-0.05, 0) is 83.5 Å². The predicted molar refractivity (Wildman–Crippen MR) is 126 cm³/mol. The Morgan fingerprint density at radius 3 is 2.32 bits per heavy atom. The first-order valence-corrected chi connectivity index (χ1v) is 10.5. The number of carbonyl (C=O) groups excluding carboxylic acids is 3. The van der Waals surface area contributed by atoms with E-state index in [1.54, 1.807) is 18.2 Å². The van der Waals surface area contributed by atoms with Gasteiger partial charge >= 0.3 is 0 Å². The van der Waals surface area contributed by atoms with Gasteiger partial charge in [0, 0.05) is 24.1 Å². The molecule has 8 nitrogen and oxygen atoms in total. The molecule has 0 spiro atoms. The van der Waals surface area contributed by atoms with Crippen molar-refractivity contribution in [2.45, 2.75) is 26.7 Å². The van der Waals surface area contributed by atoms with Crippen molar-refractivity contribution < 1.29 is 19.1 Å². The van der Waals surface area contributed by atoms with Crippen molar-refractivity contribution in [3.05, 3.63) is 57.6 Å². The lowest BCUT2D eigenvalue weighted by molar-refractivity contribution is -0.124. The monoisotopic (exact) mass is 506 g/mol. The quantitative estimate of drug-likeness (QED) is 0.354. The van der Waals surface area contributed by atoms with Crippen molar-refractivity contribution in [2.75, 3.05) is 12.4 Å². The van der Waals surface area contributed by atoms with Crippen LogP contribution in [0.25, 0.3) is 0 Å². The molecule has 0 radical (unpaired) electrons. The molecule has 3 amide bonds. The van der Waals surface area contributed by atoms with Gasteiger partial charge in [0.25, 0.3) is 5.91 Å². The van der Waals surface area contributed by atoms with Gasteiger partial charge < -0.3 is 10.1 Å². The Labute approximate surface area is 194 Å². The molecule has 2 aromatic carbocycles. The average molecular weight is 507 g/mol. The molecule has 0 bridgehead atoms. The molecule has 0 fully saturated rings. The summed E-state index contributed by atoms with van der Waals surface area (Å²) < 4.78 is 5.74. The molecule has 164 valence electrons. The molecule has 0 heterocycles. The van der Waals surface area contributed by atoms with Crippen LogP contribution < -0.4 is 26.2 Å². The molecule has 0 saturated carbocycles. The number of rotatable bonds is 6. The maximum atomic E-state index is 12.2. The van der Waals surface area contributed by atoms with Crippen molar-refractivity contribution >= 4 is 56.7 Å². The van der Waals surface area contributed by atoms with Crippen LogP contribution in [0.4, 0.5) is 5.69 Å².